The molecule has 0 radical (unpaired) electrons. The van der Waals surface area contributed by atoms with Crippen LogP contribution in [0.2, 0.25) is 0 Å². The third-order valence-electron chi connectivity index (χ3n) is 4.18. The monoisotopic (exact) mass is 294 g/mol. The van der Waals surface area contributed by atoms with Crippen molar-refractivity contribution in [2.24, 2.45) is 0 Å². The molecule has 0 saturated heterocycles. The van der Waals surface area contributed by atoms with Gasteiger partial charge in [0.1, 0.15) is 0 Å². The van der Waals surface area contributed by atoms with Gasteiger partial charge in [0, 0.05) is 5.69 Å². The Labute approximate surface area is 128 Å². The summed E-state index contributed by atoms with van der Waals surface area (Å²) in [5.74, 6) is 0. The van der Waals surface area contributed by atoms with Crippen molar-refractivity contribution in [1.29, 1.82) is 0 Å². The van der Waals surface area contributed by atoms with E-state index in [0.29, 0.717) is 0 Å². The molecule has 0 fully saturated rings. The van der Waals surface area contributed by atoms with Crippen molar-refractivity contribution in [3.05, 3.63) is 53.1 Å². The van der Waals surface area contributed by atoms with Gasteiger partial charge in [-0.1, -0.05) is 29.5 Å². The third-order valence-corrected chi connectivity index (χ3v) is 5.13. The van der Waals surface area contributed by atoms with Gasteiger partial charge in [-0.2, -0.15) is 0 Å². The first-order chi connectivity index (χ1) is 10.3. The Balaban J connectivity index is 1.71. The Bertz CT molecular complexity index is 804. The maximum atomic E-state index is 4.73. The Kier molecular flexibility index (Phi) is 3.15. The molecule has 0 atom stereocenters. The molecule has 106 valence electrons. The molecule has 4 rings (SSSR count). The largest absolute Gasteiger partial charge is 0.331 e. The highest BCUT2D eigenvalue weighted by molar-refractivity contribution is 7.22. The van der Waals surface area contributed by atoms with Crippen LogP contribution in [0.15, 0.2) is 36.4 Å². The number of thiazole rings is 1. The summed E-state index contributed by atoms with van der Waals surface area (Å²) < 4.78 is 1.24. The molecular formula is C18H18N2S. The number of anilines is 2. The predicted molar refractivity (Wildman–Crippen MR) is 90.7 cm³/mol. The Morgan fingerprint density at radius 1 is 1.10 bits per heavy atom. The van der Waals surface area contributed by atoms with Crippen LogP contribution in [0.1, 0.15) is 29.5 Å². The lowest BCUT2D eigenvalue weighted by atomic mass is 9.90. The number of nitrogens with one attached hydrogen (secondary N) is 1. The normalized spacial score (nSPS) is 14.1. The zero-order valence-electron chi connectivity index (χ0n) is 12.1. The Hall–Kier alpha value is -1.87. The minimum atomic E-state index is 0.995. The topological polar surface area (TPSA) is 24.9 Å². The fourth-order valence-electron chi connectivity index (χ4n) is 3.10. The highest BCUT2D eigenvalue weighted by Crippen LogP contribution is 2.33. The highest BCUT2D eigenvalue weighted by Gasteiger charge is 2.14. The molecule has 0 saturated carbocycles. The van der Waals surface area contributed by atoms with E-state index in [0.717, 1.165) is 10.6 Å². The minimum Gasteiger partial charge on any atom is -0.331 e. The van der Waals surface area contributed by atoms with E-state index in [2.05, 4.69) is 48.6 Å². The van der Waals surface area contributed by atoms with Crippen LogP contribution >= 0.6 is 11.3 Å². The van der Waals surface area contributed by atoms with Crippen LogP contribution in [0.3, 0.4) is 0 Å². The van der Waals surface area contributed by atoms with Crippen LogP contribution in [-0.4, -0.2) is 4.98 Å². The molecule has 1 aromatic heterocycles. The zero-order chi connectivity index (χ0) is 14.2. The lowest BCUT2D eigenvalue weighted by molar-refractivity contribution is 0.687. The number of aromatic nitrogens is 1. The molecule has 21 heavy (non-hydrogen) atoms. The minimum absolute atomic E-state index is 0.995. The molecule has 0 aliphatic heterocycles. The van der Waals surface area contributed by atoms with Gasteiger partial charge < -0.3 is 5.32 Å². The average molecular weight is 294 g/mol. The van der Waals surface area contributed by atoms with E-state index in [9.17, 15) is 0 Å². The fraction of sp³-hybridized carbons (Fsp3) is 0.278. The predicted octanol–water partition coefficient (Wildman–Crippen LogP) is 5.23. The number of nitrogens with zero attached hydrogens (tertiary/aromatic N) is 1. The van der Waals surface area contributed by atoms with Gasteiger partial charge in [-0.3, -0.25) is 0 Å². The molecule has 1 heterocycles. The van der Waals surface area contributed by atoms with Crippen molar-refractivity contribution < 1.29 is 0 Å². The molecule has 2 aromatic carbocycles. The summed E-state index contributed by atoms with van der Waals surface area (Å²) in [5.41, 5.74) is 6.58. The number of benzene rings is 2. The number of rotatable bonds is 2. The van der Waals surface area contributed by atoms with Crippen LogP contribution in [0.5, 0.6) is 0 Å². The molecule has 2 nitrogen and oxygen atoms in total. The maximum Gasteiger partial charge on any atom is 0.188 e. The lowest BCUT2D eigenvalue weighted by Crippen LogP contribution is -2.05. The lowest BCUT2D eigenvalue weighted by Gasteiger charge is -2.19. The van der Waals surface area contributed by atoms with Crippen molar-refractivity contribution in [2.75, 3.05) is 5.32 Å². The molecule has 3 aromatic rings. The van der Waals surface area contributed by atoms with Gasteiger partial charge in [-0.05, 0) is 67.5 Å². The second-order valence-corrected chi connectivity index (χ2v) is 6.80. The maximum absolute atomic E-state index is 4.73. The zero-order valence-corrected chi connectivity index (χ0v) is 13.0. The van der Waals surface area contributed by atoms with Crippen LogP contribution in [0, 0.1) is 6.92 Å². The average Bonchev–Trinajstić information content (AvgIpc) is 2.89. The molecule has 3 heteroatoms. The molecule has 0 unspecified atom stereocenters. The number of hydrogen-bond donors (Lipinski definition) is 1. The highest BCUT2D eigenvalue weighted by atomic mass is 32.1. The number of hydrogen-bond acceptors (Lipinski definition) is 3. The van der Waals surface area contributed by atoms with Gasteiger partial charge in [-0.15, -0.1) is 0 Å². The third kappa shape index (κ3) is 2.42. The fourth-order valence-corrected chi connectivity index (χ4v) is 3.96. The molecule has 1 aliphatic carbocycles. The van der Waals surface area contributed by atoms with E-state index in [1.165, 1.54) is 52.8 Å². The van der Waals surface area contributed by atoms with E-state index < -0.39 is 0 Å². The van der Waals surface area contributed by atoms with Crippen LogP contribution < -0.4 is 5.32 Å². The second-order valence-electron chi connectivity index (χ2n) is 5.77. The van der Waals surface area contributed by atoms with Crippen LogP contribution in [-0.2, 0) is 12.8 Å². The molecule has 0 spiro atoms. The molecule has 0 amide bonds. The van der Waals surface area contributed by atoms with E-state index >= 15 is 0 Å². The van der Waals surface area contributed by atoms with E-state index in [1.54, 1.807) is 11.3 Å². The van der Waals surface area contributed by atoms with Gasteiger partial charge in [0.2, 0.25) is 0 Å². The van der Waals surface area contributed by atoms with E-state index in [-0.39, 0.29) is 0 Å². The smallest absolute Gasteiger partial charge is 0.188 e. The summed E-state index contributed by atoms with van der Waals surface area (Å²) in [7, 11) is 0. The van der Waals surface area contributed by atoms with Gasteiger partial charge in [0.05, 0.1) is 10.2 Å². The van der Waals surface area contributed by atoms with Crippen molar-refractivity contribution >= 4 is 32.4 Å². The molecule has 0 bridgehead atoms. The number of aryl methyl sites for hydroxylation is 2. The summed E-state index contributed by atoms with van der Waals surface area (Å²) in [4.78, 5) is 4.73. The first-order valence-electron chi connectivity index (χ1n) is 7.54. The van der Waals surface area contributed by atoms with Gasteiger partial charge in [0.15, 0.2) is 5.13 Å². The molecule has 1 aliphatic rings. The SMILES string of the molecule is Cc1ccc2sc(Nc3cccc4c3CCCC4)nc2c1. The van der Waals surface area contributed by atoms with E-state index in [1.807, 2.05) is 0 Å². The van der Waals surface area contributed by atoms with Crippen molar-refractivity contribution in [2.45, 2.75) is 32.6 Å². The standard InChI is InChI=1S/C18H18N2S/c1-12-9-10-17-16(11-12)20-18(21-17)19-15-8-4-6-13-5-2-3-7-14(13)15/h4,6,8-11H,2-3,5,7H2,1H3,(H,19,20). The molecular weight excluding hydrogens is 276 g/mol. The summed E-state index contributed by atoms with van der Waals surface area (Å²) in [6.45, 7) is 2.11. The van der Waals surface area contributed by atoms with Gasteiger partial charge >= 0.3 is 0 Å². The van der Waals surface area contributed by atoms with E-state index in [4.69, 9.17) is 4.98 Å². The van der Waals surface area contributed by atoms with Gasteiger partial charge in [-0.25, -0.2) is 4.98 Å². The summed E-state index contributed by atoms with van der Waals surface area (Å²) in [5, 5.41) is 4.54. The summed E-state index contributed by atoms with van der Waals surface area (Å²) >= 11 is 1.73. The second kappa shape index (κ2) is 5.15. The van der Waals surface area contributed by atoms with Crippen LogP contribution in [0.25, 0.3) is 10.2 Å². The van der Waals surface area contributed by atoms with Crippen molar-refractivity contribution in [3.63, 3.8) is 0 Å². The quantitative estimate of drug-likeness (QED) is 0.700. The Morgan fingerprint density at radius 2 is 2.00 bits per heavy atom. The van der Waals surface area contributed by atoms with Crippen molar-refractivity contribution in [1.82, 2.24) is 4.98 Å². The summed E-state index contributed by atoms with van der Waals surface area (Å²) in [6, 6.07) is 13.1. The first-order valence-corrected chi connectivity index (χ1v) is 8.36. The number of fused-ring (bicyclic) bond motifs is 2. The summed E-state index contributed by atoms with van der Waals surface area (Å²) in [6.07, 6.45) is 5.01. The van der Waals surface area contributed by atoms with Crippen LogP contribution in [0.4, 0.5) is 10.8 Å². The molecule has 1 N–H and O–H groups in total. The van der Waals surface area contributed by atoms with Gasteiger partial charge in [0.25, 0.3) is 0 Å². The first kappa shape index (κ1) is 12.8. The Morgan fingerprint density at radius 3 is 2.95 bits per heavy atom. The van der Waals surface area contributed by atoms with Crippen molar-refractivity contribution in [3.8, 4) is 0 Å².